The standard InChI is InChI=1S/C32H34F6N6O/c33-31(34,35)24-15-23(16-25(17-24)32(36,37)38)30(45)44-9-6-26(18-27(44)14-22-4-2-1-3-5-22)41-10-12-42(13-11-41)28-20-43(21-28)29-19-39-7-8-40-29/h1-5,7-8,15-17,19,26-28H,6,9-14,18,20-21H2/t26-,27+/m0/s1. The van der Waals surface area contributed by atoms with E-state index in [-0.39, 0.29) is 24.7 Å². The second kappa shape index (κ2) is 12.6. The van der Waals surface area contributed by atoms with Gasteiger partial charge in [0.05, 0.1) is 17.3 Å². The number of anilines is 1. The van der Waals surface area contributed by atoms with Crippen molar-refractivity contribution in [1.82, 2.24) is 24.7 Å². The minimum absolute atomic E-state index is 0.0566. The first-order chi connectivity index (χ1) is 21.5. The summed E-state index contributed by atoms with van der Waals surface area (Å²) in [7, 11) is 0. The van der Waals surface area contributed by atoms with Crippen LogP contribution < -0.4 is 4.90 Å². The van der Waals surface area contributed by atoms with E-state index in [2.05, 4.69) is 24.7 Å². The van der Waals surface area contributed by atoms with E-state index in [0.29, 0.717) is 37.4 Å². The number of benzene rings is 2. The van der Waals surface area contributed by atoms with Crippen molar-refractivity contribution in [2.24, 2.45) is 0 Å². The molecule has 7 nitrogen and oxygen atoms in total. The third kappa shape index (κ3) is 7.09. The fourth-order valence-electron chi connectivity index (χ4n) is 6.75. The van der Waals surface area contributed by atoms with Crippen molar-refractivity contribution >= 4 is 11.7 Å². The largest absolute Gasteiger partial charge is 0.416 e. The lowest BCUT2D eigenvalue weighted by Crippen LogP contribution is -2.64. The van der Waals surface area contributed by atoms with Crippen LogP contribution in [-0.2, 0) is 18.8 Å². The Morgan fingerprint density at radius 2 is 1.42 bits per heavy atom. The molecule has 0 radical (unpaired) electrons. The van der Waals surface area contributed by atoms with E-state index in [1.165, 1.54) is 4.90 Å². The summed E-state index contributed by atoms with van der Waals surface area (Å²) in [6.45, 7) is 5.52. The average Bonchev–Trinajstić information content (AvgIpc) is 3.00. The quantitative estimate of drug-likeness (QED) is 0.347. The van der Waals surface area contributed by atoms with Crippen molar-refractivity contribution in [1.29, 1.82) is 0 Å². The number of hydrogen-bond donors (Lipinski definition) is 0. The molecule has 2 atom stereocenters. The van der Waals surface area contributed by atoms with Gasteiger partial charge in [0.1, 0.15) is 5.82 Å². The van der Waals surface area contributed by atoms with Crippen LogP contribution in [0.3, 0.4) is 0 Å². The number of piperidine rings is 1. The van der Waals surface area contributed by atoms with Gasteiger partial charge < -0.3 is 9.80 Å². The topological polar surface area (TPSA) is 55.8 Å². The molecule has 45 heavy (non-hydrogen) atoms. The molecule has 0 spiro atoms. The van der Waals surface area contributed by atoms with Crippen molar-refractivity contribution < 1.29 is 31.1 Å². The van der Waals surface area contributed by atoms with Crippen LogP contribution in [0, 0.1) is 0 Å². The predicted molar refractivity (Wildman–Crippen MR) is 156 cm³/mol. The summed E-state index contributed by atoms with van der Waals surface area (Å²) in [5, 5.41) is 0. The molecule has 3 saturated heterocycles. The first-order valence-corrected chi connectivity index (χ1v) is 15.1. The van der Waals surface area contributed by atoms with Crippen molar-refractivity contribution in [3.8, 4) is 0 Å². The molecule has 0 saturated carbocycles. The van der Waals surface area contributed by atoms with E-state index in [0.717, 1.165) is 50.6 Å². The number of piperazine rings is 1. The molecule has 3 aliphatic heterocycles. The van der Waals surface area contributed by atoms with Gasteiger partial charge in [0, 0.05) is 81.9 Å². The number of hydrogen-bond acceptors (Lipinski definition) is 6. The Morgan fingerprint density at radius 1 is 0.800 bits per heavy atom. The highest BCUT2D eigenvalue weighted by molar-refractivity contribution is 5.95. The Kier molecular flexibility index (Phi) is 8.75. The van der Waals surface area contributed by atoms with Crippen LogP contribution in [0.2, 0.25) is 0 Å². The molecule has 6 rings (SSSR count). The number of aromatic nitrogens is 2. The van der Waals surface area contributed by atoms with Crippen LogP contribution in [0.5, 0.6) is 0 Å². The zero-order valence-electron chi connectivity index (χ0n) is 24.5. The van der Waals surface area contributed by atoms with Gasteiger partial charge in [-0.15, -0.1) is 0 Å². The van der Waals surface area contributed by atoms with Gasteiger partial charge in [-0.05, 0) is 43.0 Å². The molecule has 13 heteroatoms. The fourth-order valence-corrected chi connectivity index (χ4v) is 6.75. The molecule has 2 aromatic carbocycles. The number of likely N-dealkylation sites (tertiary alicyclic amines) is 1. The van der Waals surface area contributed by atoms with Crippen molar-refractivity contribution in [3.05, 3.63) is 89.4 Å². The Labute approximate surface area is 257 Å². The number of alkyl halides is 6. The van der Waals surface area contributed by atoms with Crippen molar-refractivity contribution in [2.75, 3.05) is 50.7 Å². The maximum atomic E-state index is 13.7. The Morgan fingerprint density at radius 3 is 2.00 bits per heavy atom. The molecule has 1 aromatic heterocycles. The summed E-state index contributed by atoms with van der Waals surface area (Å²) in [5.74, 6) is 0.0614. The first-order valence-electron chi connectivity index (χ1n) is 15.1. The van der Waals surface area contributed by atoms with Gasteiger partial charge in [0.25, 0.3) is 5.91 Å². The van der Waals surface area contributed by atoms with Gasteiger partial charge in [-0.1, -0.05) is 30.3 Å². The Balaban J connectivity index is 1.14. The van der Waals surface area contributed by atoms with Gasteiger partial charge in [0.15, 0.2) is 0 Å². The van der Waals surface area contributed by atoms with Crippen LogP contribution >= 0.6 is 0 Å². The number of amides is 1. The van der Waals surface area contributed by atoms with E-state index in [4.69, 9.17) is 0 Å². The number of carbonyl (C=O) groups is 1. The molecular weight excluding hydrogens is 598 g/mol. The number of carbonyl (C=O) groups excluding carboxylic acids is 1. The average molecular weight is 633 g/mol. The minimum Gasteiger partial charge on any atom is -0.352 e. The highest BCUT2D eigenvalue weighted by Gasteiger charge is 2.41. The van der Waals surface area contributed by atoms with Crippen LogP contribution in [0.4, 0.5) is 32.2 Å². The maximum absolute atomic E-state index is 13.7. The zero-order chi connectivity index (χ0) is 31.8. The number of rotatable bonds is 6. The Bertz CT molecular complexity index is 1420. The summed E-state index contributed by atoms with van der Waals surface area (Å²) < 4.78 is 81.3. The van der Waals surface area contributed by atoms with E-state index in [9.17, 15) is 31.1 Å². The molecule has 0 aliphatic carbocycles. The van der Waals surface area contributed by atoms with Crippen molar-refractivity contribution in [2.45, 2.75) is 49.7 Å². The second-order valence-corrected chi connectivity index (χ2v) is 12.0. The number of nitrogens with zero attached hydrogens (tertiary/aromatic N) is 6. The third-order valence-corrected chi connectivity index (χ3v) is 9.22. The molecule has 1 amide bonds. The zero-order valence-corrected chi connectivity index (χ0v) is 24.5. The van der Waals surface area contributed by atoms with Gasteiger partial charge >= 0.3 is 12.4 Å². The summed E-state index contributed by atoms with van der Waals surface area (Å²) in [6.07, 6.45) is -3.33. The SMILES string of the molecule is O=C(c1cc(C(F)(F)F)cc(C(F)(F)F)c1)N1CC[C@H](N2CCN(C3CN(c4cnccn4)C3)CC2)C[C@H]1Cc1ccccc1. The summed E-state index contributed by atoms with van der Waals surface area (Å²) >= 11 is 0. The van der Waals surface area contributed by atoms with Gasteiger partial charge in [-0.3, -0.25) is 19.6 Å². The van der Waals surface area contributed by atoms with E-state index >= 15 is 0 Å². The minimum atomic E-state index is -5.03. The summed E-state index contributed by atoms with van der Waals surface area (Å²) in [4.78, 5) is 30.8. The fraction of sp³-hybridized carbons (Fsp3) is 0.469. The second-order valence-electron chi connectivity index (χ2n) is 12.0. The molecule has 240 valence electrons. The molecule has 0 bridgehead atoms. The maximum Gasteiger partial charge on any atom is 0.416 e. The van der Waals surface area contributed by atoms with Gasteiger partial charge in [0.2, 0.25) is 0 Å². The molecule has 3 aromatic rings. The van der Waals surface area contributed by atoms with Crippen LogP contribution in [0.1, 0.15) is 39.9 Å². The van der Waals surface area contributed by atoms with Gasteiger partial charge in [-0.25, -0.2) is 4.98 Å². The predicted octanol–water partition coefficient (Wildman–Crippen LogP) is 5.24. The smallest absolute Gasteiger partial charge is 0.352 e. The molecule has 4 heterocycles. The normalized spacial score (nSPS) is 22.4. The highest BCUT2D eigenvalue weighted by Crippen LogP contribution is 2.37. The lowest BCUT2D eigenvalue weighted by Gasteiger charge is -2.50. The Hall–Kier alpha value is -3.71. The third-order valence-electron chi connectivity index (χ3n) is 9.22. The molecule has 0 N–H and O–H groups in total. The molecular formula is C32H34F6N6O. The van der Waals surface area contributed by atoms with Gasteiger partial charge in [-0.2, -0.15) is 26.3 Å². The lowest BCUT2D eigenvalue weighted by molar-refractivity contribution is -0.143. The van der Waals surface area contributed by atoms with E-state index in [1.807, 2.05) is 30.3 Å². The summed E-state index contributed by atoms with van der Waals surface area (Å²) in [6, 6.07) is 10.8. The van der Waals surface area contributed by atoms with E-state index < -0.39 is 35.0 Å². The molecule has 0 unspecified atom stereocenters. The lowest BCUT2D eigenvalue weighted by atomic mass is 9.90. The van der Waals surface area contributed by atoms with Crippen LogP contribution in [-0.4, -0.2) is 94.5 Å². The molecule has 3 aliphatic rings. The van der Waals surface area contributed by atoms with Crippen LogP contribution in [0.15, 0.2) is 67.1 Å². The summed E-state index contributed by atoms with van der Waals surface area (Å²) in [5.41, 5.74) is -2.62. The number of halogens is 6. The van der Waals surface area contributed by atoms with Crippen molar-refractivity contribution in [3.63, 3.8) is 0 Å². The first kappa shape index (κ1) is 31.3. The molecule has 3 fully saturated rings. The van der Waals surface area contributed by atoms with E-state index in [1.54, 1.807) is 18.6 Å². The van der Waals surface area contributed by atoms with Crippen LogP contribution in [0.25, 0.3) is 0 Å². The monoisotopic (exact) mass is 632 g/mol. The highest BCUT2D eigenvalue weighted by atomic mass is 19.4.